The number of aryl methyl sites for hydroxylation is 1. The molecule has 1 aliphatic heterocycles. The van der Waals surface area contributed by atoms with E-state index in [0.29, 0.717) is 10.5 Å². The molecule has 0 fully saturated rings. The van der Waals surface area contributed by atoms with Gasteiger partial charge < -0.3 is 9.84 Å². The van der Waals surface area contributed by atoms with Crippen LogP contribution in [-0.2, 0) is 24.2 Å². The van der Waals surface area contributed by atoms with Crippen LogP contribution in [-0.4, -0.2) is 22.9 Å². The highest BCUT2D eigenvalue weighted by Crippen LogP contribution is 2.34. The van der Waals surface area contributed by atoms with E-state index in [0.717, 1.165) is 35.0 Å². The van der Waals surface area contributed by atoms with Crippen LogP contribution in [0.1, 0.15) is 43.6 Å². The van der Waals surface area contributed by atoms with Crippen LogP contribution in [0.25, 0.3) is 0 Å². The molecule has 0 aliphatic carbocycles. The Labute approximate surface area is 181 Å². The summed E-state index contributed by atoms with van der Waals surface area (Å²) in [7, 11) is 0. The van der Waals surface area contributed by atoms with Crippen molar-refractivity contribution in [3.63, 3.8) is 0 Å². The Kier molecular flexibility index (Phi) is 5.56. The summed E-state index contributed by atoms with van der Waals surface area (Å²) in [5.41, 5.74) is 2.11. The van der Waals surface area contributed by atoms with E-state index in [1.54, 1.807) is 0 Å². The van der Waals surface area contributed by atoms with E-state index in [2.05, 4.69) is 0 Å². The minimum Gasteiger partial charge on any atom is -0.489 e. The van der Waals surface area contributed by atoms with E-state index in [1.165, 1.54) is 17.5 Å². The van der Waals surface area contributed by atoms with Gasteiger partial charge in [0.05, 0.1) is 17.7 Å². The number of halogens is 1. The second-order valence-corrected chi connectivity index (χ2v) is 7.94. The summed E-state index contributed by atoms with van der Waals surface area (Å²) in [5, 5.41) is 10.8. The number of rotatable bonds is 6. The number of anilines is 1. The second kappa shape index (κ2) is 8.31. The predicted octanol–water partition coefficient (Wildman–Crippen LogP) is 4.46. The van der Waals surface area contributed by atoms with Crippen molar-refractivity contribution >= 4 is 34.8 Å². The third-order valence-electron chi connectivity index (χ3n) is 5.03. The Hall–Kier alpha value is -3.52. The molecule has 0 radical (unpaired) electrons. The van der Waals surface area contributed by atoms with Gasteiger partial charge in [-0.2, -0.15) is 0 Å². The molecular weight excluding hydrogens is 421 g/mol. The van der Waals surface area contributed by atoms with Crippen LogP contribution >= 0.6 is 11.3 Å². The number of fused-ring (bicyclic) bond motifs is 1. The van der Waals surface area contributed by atoms with Gasteiger partial charge in [0.25, 0.3) is 5.91 Å². The lowest BCUT2D eigenvalue weighted by Gasteiger charge is -2.26. The standard InChI is InChI=1S/C23H18FNO5S/c1-2-13-4-3-5-14(8-13)11-30-16-6-7-17(24)18(10-16)25-19(26)9-15-12-31-21(23(28)29)20(15)22(25)27/h3-8,10,12H,2,9,11H2,1H3,(H,28,29). The summed E-state index contributed by atoms with van der Waals surface area (Å²) in [4.78, 5) is 37.6. The Morgan fingerprint density at radius 3 is 2.71 bits per heavy atom. The average Bonchev–Trinajstić information content (AvgIpc) is 3.18. The Balaban J connectivity index is 1.63. The summed E-state index contributed by atoms with van der Waals surface area (Å²) in [6.45, 7) is 2.28. The first-order valence-corrected chi connectivity index (χ1v) is 10.5. The summed E-state index contributed by atoms with van der Waals surface area (Å²) < 4.78 is 20.4. The molecule has 2 heterocycles. The van der Waals surface area contributed by atoms with Crippen molar-refractivity contribution in [1.82, 2.24) is 0 Å². The molecule has 6 nitrogen and oxygen atoms in total. The summed E-state index contributed by atoms with van der Waals surface area (Å²) in [5.74, 6) is -3.23. The van der Waals surface area contributed by atoms with E-state index in [1.807, 2.05) is 31.2 Å². The molecule has 31 heavy (non-hydrogen) atoms. The summed E-state index contributed by atoms with van der Waals surface area (Å²) in [6.07, 6.45) is 0.704. The molecule has 0 saturated heterocycles. The fraction of sp³-hybridized carbons (Fsp3) is 0.174. The number of benzene rings is 2. The number of nitrogens with zero attached hydrogens (tertiary/aromatic N) is 1. The number of ether oxygens (including phenoxy) is 1. The van der Waals surface area contributed by atoms with E-state index < -0.39 is 23.6 Å². The molecule has 1 N–H and O–H groups in total. The average molecular weight is 439 g/mol. The number of imide groups is 1. The largest absolute Gasteiger partial charge is 0.489 e. The zero-order chi connectivity index (χ0) is 22.1. The molecule has 4 rings (SSSR count). The molecule has 3 aromatic rings. The Morgan fingerprint density at radius 1 is 1.19 bits per heavy atom. The molecule has 0 atom stereocenters. The fourth-order valence-corrected chi connectivity index (χ4v) is 4.38. The predicted molar refractivity (Wildman–Crippen MR) is 113 cm³/mol. The number of hydrogen-bond acceptors (Lipinski definition) is 5. The third kappa shape index (κ3) is 3.94. The SMILES string of the molecule is CCc1cccc(COc2ccc(F)c(N3C(=O)Cc4csc(C(=O)O)c4C3=O)c2)c1. The lowest BCUT2D eigenvalue weighted by Crippen LogP contribution is -2.43. The van der Waals surface area contributed by atoms with Crippen LogP contribution < -0.4 is 9.64 Å². The number of thiophene rings is 1. The van der Waals surface area contributed by atoms with Crippen molar-refractivity contribution in [3.05, 3.63) is 80.8 Å². The number of amides is 2. The number of carboxylic acids is 1. The van der Waals surface area contributed by atoms with Crippen molar-refractivity contribution < 1.29 is 28.6 Å². The van der Waals surface area contributed by atoms with Gasteiger partial charge in [0.1, 0.15) is 23.1 Å². The van der Waals surface area contributed by atoms with Gasteiger partial charge in [0, 0.05) is 6.07 Å². The topological polar surface area (TPSA) is 83.9 Å². The van der Waals surface area contributed by atoms with E-state index in [9.17, 15) is 23.9 Å². The zero-order valence-electron chi connectivity index (χ0n) is 16.6. The molecule has 0 bridgehead atoms. The number of hydrogen-bond donors (Lipinski definition) is 1. The van der Waals surface area contributed by atoms with Crippen molar-refractivity contribution in [1.29, 1.82) is 0 Å². The maximum absolute atomic E-state index is 14.6. The van der Waals surface area contributed by atoms with Gasteiger partial charge in [-0.15, -0.1) is 11.3 Å². The number of carboxylic acid groups (broad SMARTS) is 1. The van der Waals surface area contributed by atoms with Gasteiger partial charge in [-0.05, 0) is 40.6 Å². The summed E-state index contributed by atoms with van der Waals surface area (Å²) in [6, 6.07) is 11.7. The normalized spacial score (nSPS) is 13.3. The zero-order valence-corrected chi connectivity index (χ0v) is 17.4. The minimum atomic E-state index is -1.26. The highest BCUT2D eigenvalue weighted by molar-refractivity contribution is 7.12. The molecule has 0 unspecified atom stereocenters. The van der Waals surface area contributed by atoms with Gasteiger partial charge in [0.2, 0.25) is 5.91 Å². The highest BCUT2D eigenvalue weighted by Gasteiger charge is 2.38. The maximum atomic E-state index is 14.6. The van der Waals surface area contributed by atoms with Gasteiger partial charge in [-0.25, -0.2) is 14.1 Å². The van der Waals surface area contributed by atoms with Crippen LogP contribution in [0.4, 0.5) is 10.1 Å². The van der Waals surface area contributed by atoms with Crippen molar-refractivity contribution in [2.45, 2.75) is 26.4 Å². The lowest BCUT2D eigenvalue weighted by molar-refractivity contribution is -0.117. The van der Waals surface area contributed by atoms with Gasteiger partial charge in [0.15, 0.2) is 0 Å². The molecule has 2 aromatic carbocycles. The molecule has 2 amide bonds. The van der Waals surface area contributed by atoms with E-state index in [-0.39, 0.29) is 34.9 Å². The van der Waals surface area contributed by atoms with Crippen LogP contribution in [0.15, 0.2) is 47.8 Å². The first-order chi connectivity index (χ1) is 14.9. The van der Waals surface area contributed by atoms with Crippen molar-refractivity contribution in [3.8, 4) is 5.75 Å². The molecular formula is C23H18FNO5S. The lowest BCUT2D eigenvalue weighted by atomic mass is 10.0. The van der Waals surface area contributed by atoms with Gasteiger partial charge in [-0.1, -0.05) is 31.2 Å². The van der Waals surface area contributed by atoms with Gasteiger partial charge >= 0.3 is 5.97 Å². The molecule has 0 saturated carbocycles. The smallest absolute Gasteiger partial charge is 0.346 e. The fourth-order valence-electron chi connectivity index (χ4n) is 3.49. The maximum Gasteiger partial charge on any atom is 0.346 e. The number of carbonyl (C=O) groups is 3. The van der Waals surface area contributed by atoms with Crippen molar-refractivity contribution in [2.75, 3.05) is 4.90 Å². The number of carbonyl (C=O) groups excluding carboxylic acids is 2. The minimum absolute atomic E-state index is 0.0702. The third-order valence-corrected chi connectivity index (χ3v) is 6.05. The quantitative estimate of drug-likeness (QED) is 0.574. The van der Waals surface area contributed by atoms with E-state index in [4.69, 9.17) is 4.74 Å². The van der Waals surface area contributed by atoms with Crippen molar-refractivity contribution in [2.24, 2.45) is 0 Å². The van der Waals surface area contributed by atoms with E-state index >= 15 is 0 Å². The second-order valence-electron chi connectivity index (χ2n) is 7.06. The first-order valence-electron chi connectivity index (χ1n) is 9.60. The molecule has 1 aromatic heterocycles. The first kappa shape index (κ1) is 20.7. The molecule has 1 aliphatic rings. The van der Waals surface area contributed by atoms with Crippen LogP contribution in [0.5, 0.6) is 5.75 Å². The van der Waals surface area contributed by atoms with Crippen LogP contribution in [0.2, 0.25) is 0 Å². The van der Waals surface area contributed by atoms with Crippen LogP contribution in [0, 0.1) is 5.82 Å². The molecule has 0 spiro atoms. The highest BCUT2D eigenvalue weighted by atomic mass is 32.1. The molecule has 8 heteroatoms. The molecule has 158 valence electrons. The van der Waals surface area contributed by atoms with Crippen LogP contribution in [0.3, 0.4) is 0 Å². The number of aromatic carboxylic acids is 1. The van der Waals surface area contributed by atoms with Gasteiger partial charge in [-0.3, -0.25) is 9.59 Å². The summed E-state index contributed by atoms with van der Waals surface area (Å²) >= 11 is 0.875. The Bertz CT molecular complexity index is 1200. The monoisotopic (exact) mass is 439 g/mol. The Morgan fingerprint density at radius 2 is 1.97 bits per heavy atom.